The minimum atomic E-state index is -3.42. The molecule has 1 aromatic rings. The van der Waals surface area contributed by atoms with E-state index in [-0.39, 0.29) is 5.41 Å². The van der Waals surface area contributed by atoms with Gasteiger partial charge in [-0.3, -0.25) is 0 Å². The van der Waals surface area contributed by atoms with Gasteiger partial charge in [-0.2, -0.15) is 0 Å². The summed E-state index contributed by atoms with van der Waals surface area (Å²) >= 11 is 0. The topological polar surface area (TPSA) is 58.2 Å². The number of benzene rings is 1. The molecule has 0 spiro atoms. The Morgan fingerprint density at radius 2 is 1.90 bits per heavy atom. The molecule has 1 saturated heterocycles. The zero-order valence-corrected chi connectivity index (χ0v) is 13.3. The highest BCUT2D eigenvalue weighted by atomic mass is 32.2. The van der Waals surface area contributed by atoms with Crippen LogP contribution in [-0.4, -0.2) is 28.1 Å². The maximum absolute atomic E-state index is 12.4. The smallest absolute Gasteiger partial charge is 0.240 e. The molecule has 2 N–H and O–H groups in total. The third-order valence-corrected chi connectivity index (χ3v) is 5.26. The first kappa shape index (κ1) is 15.5. The molecule has 20 heavy (non-hydrogen) atoms. The summed E-state index contributed by atoms with van der Waals surface area (Å²) in [6.45, 7) is 8.33. The summed E-state index contributed by atoms with van der Waals surface area (Å²) < 4.78 is 27.6. The highest BCUT2D eigenvalue weighted by Crippen LogP contribution is 2.25. The first-order valence-electron chi connectivity index (χ1n) is 7.09. The summed E-state index contributed by atoms with van der Waals surface area (Å²) in [5, 5.41) is 3.33. The van der Waals surface area contributed by atoms with E-state index < -0.39 is 10.0 Å². The van der Waals surface area contributed by atoms with Crippen molar-refractivity contribution in [1.82, 2.24) is 10.0 Å². The lowest BCUT2D eigenvalue weighted by Gasteiger charge is -2.34. The van der Waals surface area contributed by atoms with Crippen LogP contribution in [0.5, 0.6) is 0 Å². The van der Waals surface area contributed by atoms with E-state index in [4.69, 9.17) is 0 Å². The van der Waals surface area contributed by atoms with Gasteiger partial charge in [-0.05, 0) is 61.9 Å². The van der Waals surface area contributed by atoms with Crippen LogP contribution in [0.1, 0.15) is 30.9 Å². The Morgan fingerprint density at radius 1 is 1.25 bits per heavy atom. The number of aryl methyl sites for hydroxylation is 2. The standard InChI is InChI=1S/C15H24N2O2S/c1-12-7-13(2)9-14(8-12)20(18,19)17-11-15(3)5-4-6-16-10-15/h7-9,16-17H,4-6,10-11H2,1-3H3. The van der Waals surface area contributed by atoms with Gasteiger partial charge in [0.15, 0.2) is 0 Å². The van der Waals surface area contributed by atoms with Crippen LogP contribution in [0.15, 0.2) is 23.1 Å². The van der Waals surface area contributed by atoms with Crippen LogP contribution < -0.4 is 10.0 Å². The largest absolute Gasteiger partial charge is 0.316 e. The van der Waals surface area contributed by atoms with Crippen molar-refractivity contribution in [2.75, 3.05) is 19.6 Å². The molecule has 1 unspecified atom stereocenters. The fourth-order valence-corrected chi connectivity index (χ4v) is 4.10. The minimum Gasteiger partial charge on any atom is -0.316 e. The molecule has 0 aromatic heterocycles. The normalized spacial score (nSPS) is 23.8. The van der Waals surface area contributed by atoms with Gasteiger partial charge in [-0.25, -0.2) is 13.1 Å². The van der Waals surface area contributed by atoms with Crippen molar-refractivity contribution in [1.29, 1.82) is 0 Å². The molecule has 2 rings (SSSR count). The molecule has 0 aliphatic carbocycles. The molecular weight excluding hydrogens is 272 g/mol. The summed E-state index contributed by atoms with van der Waals surface area (Å²) in [4.78, 5) is 0.363. The lowest BCUT2D eigenvalue weighted by Crippen LogP contribution is -2.45. The van der Waals surface area contributed by atoms with Crippen LogP contribution in [0.4, 0.5) is 0 Å². The van der Waals surface area contributed by atoms with Gasteiger partial charge in [-0.1, -0.05) is 13.0 Å². The molecule has 0 amide bonds. The molecule has 1 aliphatic rings. The average Bonchev–Trinajstić information content (AvgIpc) is 2.37. The fourth-order valence-electron chi connectivity index (χ4n) is 2.71. The summed E-state index contributed by atoms with van der Waals surface area (Å²) in [6, 6.07) is 5.42. The third kappa shape index (κ3) is 3.81. The average molecular weight is 296 g/mol. The maximum atomic E-state index is 12.4. The van der Waals surface area contributed by atoms with Crippen LogP contribution in [0.25, 0.3) is 0 Å². The second-order valence-electron chi connectivity index (χ2n) is 6.24. The Balaban J connectivity index is 2.11. The van der Waals surface area contributed by atoms with E-state index >= 15 is 0 Å². The second-order valence-corrected chi connectivity index (χ2v) is 8.01. The molecule has 112 valence electrons. The third-order valence-electron chi connectivity index (χ3n) is 3.88. The Bertz CT molecular complexity index is 555. The molecule has 4 nitrogen and oxygen atoms in total. The summed E-state index contributed by atoms with van der Waals surface area (Å²) in [6.07, 6.45) is 2.15. The number of nitrogens with one attached hydrogen (secondary N) is 2. The van der Waals surface area contributed by atoms with Crippen LogP contribution in [0, 0.1) is 19.3 Å². The molecule has 1 aliphatic heterocycles. The van der Waals surface area contributed by atoms with Gasteiger partial charge in [0, 0.05) is 13.1 Å². The Hall–Kier alpha value is -0.910. The quantitative estimate of drug-likeness (QED) is 0.893. The van der Waals surface area contributed by atoms with Crippen molar-refractivity contribution in [2.24, 2.45) is 5.41 Å². The lowest BCUT2D eigenvalue weighted by atomic mass is 9.83. The van der Waals surface area contributed by atoms with Gasteiger partial charge < -0.3 is 5.32 Å². The first-order valence-corrected chi connectivity index (χ1v) is 8.58. The number of sulfonamides is 1. The van der Waals surface area contributed by atoms with Crippen molar-refractivity contribution >= 4 is 10.0 Å². The van der Waals surface area contributed by atoms with Gasteiger partial charge >= 0.3 is 0 Å². The van der Waals surface area contributed by atoms with E-state index in [9.17, 15) is 8.42 Å². The fraction of sp³-hybridized carbons (Fsp3) is 0.600. The second kappa shape index (κ2) is 5.84. The van der Waals surface area contributed by atoms with Crippen LogP contribution in [-0.2, 0) is 10.0 Å². The molecule has 1 atom stereocenters. The first-order chi connectivity index (χ1) is 9.31. The van der Waals surface area contributed by atoms with Gasteiger partial charge in [0.2, 0.25) is 10.0 Å². The Labute approximate surface area is 122 Å². The molecule has 1 fully saturated rings. The zero-order valence-electron chi connectivity index (χ0n) is 12.5. The van der Waals surface area contributed by atoms with Crippen molar-refractivity contribution in [3.8, 4) is 0 Å². The lowest BCUT2D eigenvalue weighted by molar-refractivity contribution is 0.238. The zero-order chi connectivity index (χ0) is 14.8. The van der Waals surface area contributed by atoms with Crippen LogP contribution in [0.3, 0.4) is 0 Å². The molecule has 1 aromatic carbocycles. The van der Waals surface area contributed by atoms with Crippen molar-refractivity contribution in [3.63, 3.8) is 0 Å². The summed E-state index contributed by atoms with van der Waals surface area (Å²) in [5.41, 5.74) is 1.94. The van der Waals surface area contributed by atoms with Crippen LogP contribution in [0.2, 0.25) is 0 Å². The monoisotopic (exact) mass is 296 g/mol. The molecular formula is C15H24N2O2S. The summed E-state index contributed by atoms with van der Waals surface area (Å²) in [5.74, 6) is 0. The molecule has 0 bridgehead atoms. The van der Waals surface area contributed by atoms with Crippen LogP contribution >= 0.6 is 0 Å². The van der Waals surface area contributed by atoms with Crippen molar-refractivity contribution < 1.29 is 8.42 Å². The number of hydrogen-bond acceptors (Lipinski definition) is 3. The van der Waals surface area contributed by atoms with Crippen molar-refractivity contribution in [3.05, 3.63) is 29.3 Å². The van der Waals surface area contributed by atoms with E-state index in [1.165, 1.54) is 0 Å². The highest BCUT2D eigenvalue weighted by Gasteiger charge is 2.28. The van der Waals surface area contributed by atoms with E-state index in [1.807, 2.05) is 19.9 Å². The molecule has 1 heterocycles. The number of rotatable bonds is 4. The molecule has 0 saturated carbocycles. The molecule has 5 heteroatoms. The van der Waals surface area contributed by atoms with Gasteiger partial charge in [-0.15, -0.1) is 0 Å². The Kier molecular flexibility index (Phi) is 4.52. The summed E-state index contributed by atoms with van der Waals surface area (Å²) in [7, 11) is -3.42. The number of hydrogen-bond donors (Lipinski definition) is 2. The van der Waals surface area contributed by atoms with Gasteiger partial charge in [0.1, 0.15) is 0 Å². The van der Waals surface area contributed by atoms with E-state index in [0.29, 0.717) is 11.4 Å². The van der Waals surface area contributed by atoms with Crippen molar-refractivity contribution in [2.45, 2.75) is 38.5 Å². The van der Waals surface area contributed by atoms with Gasteiger partial charge in [0.25, 0.3) is 0 Å². The molecule has 0 radical (unpaired) electrons. The van der Waals surface area contributed by atoms with E-state index in [0.717, 1.165) is 37.1 Å². The van der Waals surface area contributed by atoms with E-state index in [1.54, 1.807) is 12.1 Å². The minimum absolute atomic E-state index is 0.00416. The van der Waals surface area contributed by atoms with Gasteiger partial charge in [0.05, 0.1) is 4.90 Å². The predicted octanol–water partition coefficient (Wildman–Crippen LogP) is 1.97. The Morgan fingerprint density at radius 3 is 2.45 bits per heavy atom. The van der Waals surface area contributed by atoms with E-state index in [2.05, 4.69) is 17.0 Å². The SMILES string of the molecule is Cc1cc(C)cc(S(=O)(=O)NCC2(C)CCCNC2)c1. The number of piperidine rings is 1. The highest BCUT2D eigenvalue weighted by molar-refractivity contribution is 7.89. The predicted molar refractivity (Wildman–Crippen MR) is 81.3 cm³/mol. The maximum Gasteiger partial charge on any atom is 0.240 e.